The zero-order valence-electron chi connectivity index (χ0n) is 8.42. The Kier molecular flexibility index (Phi) is 2.92. The fourth-order valence-electron chi connectivity index (χ4n) is 1.33. The number of hydrogen-bond acceptors (Lipinski definition) is 5. The molecule has 2 rings (SSSR count). The molecule has 1 amide bonds. The second kappa shape index (κ2) is 4.38. The number of amides is 1. The van der Waals surface area contributed by atoms with Crippen LogP contribution in [0.5, 0.6) is 0 Å². The molecule has 1 aromatic heterocycles. The van der Waals surface area contributed by atoms with Crippen LogP contribution in [-0.2, 0) is 9.59 Å². The highest BCUT2D eigenvalue weighted by Gasteiger charge is 2.27. The van der Waals surface area contributed by atoms with Crippen LogP contribution in [0.2, 0.25) is 5.15 Å². The van der Waals surface area contributed by atoms with E-state index in [1.165, 1.54) is 12.1 Å². The van der Waals surface area contributed by atoms with Gasteiger partial charge in [0.05, 0.1) is 6.42 Å². The smallest absolute Gasteiger partial charge is 0.330 e. The van der Waals surface area contributed by atoms with Crippen molar-refractivity contribution in [2.45, 2.75) is 6.42 Å². The van der Waals surface area contributed by atoms with Gasteiger partial charge in [-0.2, -0.15) is 0 Å². The van der Waals surface area contributed by atoms with Gasteiger partial charge in [-0.3, -0.25) is 10.2 Å². The summed E-state index contributed by atoms with van der Waals surface area (Å²) in [5, 5.41) is 17.2. The Morgan fingerprint density at radius 1 is 1.53 bits per heavy atom. The Morgan fingerprint density at radius 3 is 2.88 bits per heavy atom. The first-order valence-corrected chi connectivity index (χ1v) is 4.96. The number of carbonyl (C=O) groups is 2. The number of carboxylic acids is 1. The fraction of sp³-hybridized carbons (Fsp3) is 0.111. The van der Waals surface area contributed by atoms with E-state index in [0.717, 1.165) is 11.1 Å². The highest BCUT2D eigenvalue weighted by Crippen LogP contribution is 2.18. The number of aliphatic carboxylic acids is 1. The Bertz CT molecular complexity index is 499. The van der Waals surface area contributed by atoms with E-state index in [4.69, 9.17) is 16.7 Å². The van der Waals surface area contributed by atoms with Gasteiger partial charge < -0.3 is 5.11 Å². The van der Waals surface area contributed by atoms with Crippen LogP contribution in [-0.4, -0.2) is 27.2 Å². The zero-order chi connectivity index (χ0) is 12.4. The second-order valence-corrected chi connectivity index (χ2v) is 3.63. The van der Waals surface area contributed by atoms with E-state index >= 15 is 0 Å². The standard InChI is InChI=1S/C9H7ClN4O3/c10-6-1-2-7(12-11-6)14-8(15)3-5(13-14)4-9(16)17/h1-2,4,13H,3H2,(H,16,17). The first kappa shape index (κ1) is 11.3. The predicted octanol–water partition coefficient (Wildman–Crippen LogP) is 0.340. The normalized spacial score (nSPS) is 17.4. The van der Waals surface area contributed by atoms with Gasteiger partial charge in [-0.05, 0) is 12.1 Å². The van der Waals surface area contributed by atoms with Crippen LogP contribution in [0.4, 0.5) is 5.82 Å². The highest BCUT2D eigenvalue weighted by atomic mass is 35.5. The molecule has 7 nitrogen and oxygen atoms in total. The fourth-order valence-corrected chi connectivity index (χ4v) is 1.43. The number of anilines is 1. The van der Waals surface area contributed by atoms with Crippen molar-refractivity contribution < 1.29 is 14.7 Å². The van der Waals surface area contributed by atoms with Crippen molar-refractivity contribution in [1.82, 2.24) is 15.6 Å². The number of aromatic nitrogens is 2. The third-order valence-corrected chi connectivity index (χ3v) is 2.19. The second-order valence-electron chi connectivity index (χ2n) is 3.24. The summed E-state index contributed by atoms with van der Waals surface area (Å²) in [6, 6.07) is 2.99. The quantitative estimate of drug-likeness (QED) is 0.739. The molecule has 0 radical (unpaired) electrons. The largest absolute Gasteiger partial charge is 0.478 e. The molecular formula is C9H7ClN4O3. The van der Waals surface area contributed by atoms with Gasteiger partial charge >= 0.3 is 5.97 Å². The maximum absolute atomic E-state index is 11.6. The molecule has 1 aliphatic rings. The molecule has 2 heterocycles. The summed E-state index contributed by atoms with van der Waals surface area (Å²) in [6.45, 7) is 0. The summed E-state index contributed by atoms with van der Waals surface area (Å²) in [5.74, 6) is -1.17. The van der Waals surface area contributed by atoms with Crippen LogP contribution >= 0.6 is 11.6 Å². The molecule has 1 saturated heterocycles. The van der Waals surface area contributed by atoms with Crippen molar-refractivity contribution in [2.75, 3.05) is 5.01 Å². The Labute approximate surface area is 101 Å². The van der Waals surface area contributed by atoms with Gasteiger partial charge in [0.1, 0.15) is 0 Å². The maximum atomic E-state index is 11.6. The van der Waals surface area contributed by atoms with Crippen molar-refractivity contribution in [1.29, 1.82) is 0 Å². The lowest BCUT2D eigenvalue weighted by molar-refractivity contribution is -0.131. The van der Waals surface area contributed by atoms with Crippen LogP contribution in [0.1, 0.15) is 6.42 Å². The van der Waals surface area contributed by atoms with Crippen molar-refractivity contribution >= 4 is 29.3 Å². The van der Waals surface area contributed by atoms with Gasteiger partial charge in [-0.15, -0.1) is 10.2 Å². The number of hydrazine groups is 1. The third-order valence-electron chi connectivity index (χ3n) is 1.99. The molecule has 0 spiro atoms. The topological polar surface area (TPSA) is 95.4 Å². The zero-order valence-corrected chi connectivity index (χ0v) is 9.18. The number of rotatable bonds is 2. The van der Waals surface area contributed by atoms with Gasteiger partial charge in [0.2, 0.25) is 0 Å². The molecule has 0 unspecified atom stereocenters. The summed E-state index contributed by atoms with van der Waals surface area (Å²) in [4.78, 5) is 22.0. The van der Waals surface area contributed by atoms with Crippen LogP contribution in [0.3, 0.4) is 0 Å². The average molecular weight is 255 g/mol. The summed E-state index contributed by atoms with van der Waals surface area (Å²) in [7, 11) is 0. The average Bonchev–Trinajstić information content (AvgIpc) is 2.59. The SMILES string of the molecule is O=C(O)C=C1CC(=O)N(c2ccc(Cl)nn2)N1. The van der Waals surface area contributed by atoms with Crippen molar-refractivity contribution in [3.8, 4) is 0 Å². The molecule has 88 valence electrons. The van der Waals surface area contributed by atoms with Crippen LogP contribution < -0.4 is 10.4 Å². The van der Waals surface area contributed by atoms with Gasteiger partial charge in [0, 0.05) is 11.8 Å². The van der Waals surface area contributed by atoms with Gasteiger partial charge in [-0.25, -0.2) is 9.80 Å². The summed E-state index contributed by atoms with van der Waals surface area (Å²) >= 11 is 5.57. The third kappa shape index (κ3) is 2.51. The number of hydrogen-bond donors (Lipinski definition) is 2. The van der Waals surface area contributed by atoms with E-state index in [9.17, 15) is 9.59 Å². The highest BCUT2D eigenvalue weighted by molar-refractivity contribution is 6.29. The maximum Gasteiger partial charge on any atom is 0.330 e. The van der Waals surface area contributed by atoms with Crippen LogP contribution in [0.15, 0.2) is 23.9 Å². The number of nitrogens with one attached hydrogen (secondary N) is 1. The molecule has 17 heavy (non-hydrogen) atoms. The first-order chi connectivity index (χ1) is 8.06. The molecule has 2 N–H and O–H groups in total. The molecule has 0 aromatic carbocycles. The molecule has 0 atom stereocenters. The minimum atomic E-state index is -1.12. The lowest BCUT2D eigenvalue weighted by atomic mass is 10.3. The van der Waals surface area contributed by atoms with E-state index in [1.54, 1.807) is 0 Å². The molecule has 1 aromatic rings. The Balaban J connectivity index is 2.21. The van der Waals surface area contributed by atoms with E-state index in [0.29, 0.717) is 5.70 Å². The van der Waals surface area contributed by atoms with Crippen LogP contribution in [0, 0.1) is 0 Å². The van der Waals surface area contributed by atoms with Crippen LogP contribution in [0.25, 0.3) is 0 Å². The van der Waals surface area contributed by atoms with E-state index in [1.807, 2.05) is 0 Å². The summed E-state index contributed by atoms with van der Waals surface area (Å²) in [6.07, 6.45) is 0.915. The van der Waals surface area contributed by atoms with Crippen molar-refractivity contribution in [3.63, 3.8) is 0 Å². The minimum Gasteiger partial charge on any atom is -0.478 e. The number of carboxylic acid groups (broad SMARTS) is 1. The van der Waals surface area contributed by atoms with Crippen molar-refractivity contribution in [2.24, 2.45) is 0 Å². The monoisotopic (exact) mass is 254 g/mol. The lowest BCUT2D eigenvalue weighted by Crippen LogP contribution is -2.34. The molecule has 0 saturated carbocycles. The first-order valence-electron chi connectivity index (χ1n) is 4.58. The van der Waals surface area contributed by atoms with Gasteiger partial charge in [0.25, 0.3) is 5.91 Å². The summed E-state index contributed by atoms with van der Waals surface area (Å²) in [5.41, 5.74) is 2.92. The lowest BCUT2D eigenvalue weighted by Gasteiger charge is -2.13. The Morgan fingerprint density at radius 2 is 2.29 bits per heavy atom. The summed E-state index contributed by atoms with van der Waals surface area (Å²) < 4.78 is 0. The molecule has 0 bridgehead atoms. The van der Waals surface area contributed by atoms with Gasteiger partial charge in [0.15, 0.2) is 11.0 Å². The van der Waals surface area contributed by atoms with E-state index in [2.05, 4.69) is 15.6 Å². The minimum absolute atomic E-state index is 0.0173. The molecule has 8 heteroatoms. The van der Waals surface area contributed by atoms with E-state index in [-0.39, 0.29) is 23.3 Å². The number of nitrogens with zero attached hydrogens (tertiary/aromatic N) is 3. The van der Waals surface area contributed by atoms with E-state index < -0.39 is 5.97 Å². The molecule has 1 fully saturated rings. The molecular weight excluding hydrogens is 248 g/mol. The van der Waals surface area contributed by atoms with Gasteiger partial charge in [-0.1, -0.05) is 11.6 Å². The Hall–Kier alpha value is -2.15. The predicted molar refractivity (Wildman–Crippen MR) is 58.0 cm³/mol. The van der Waals surface area contributed by atoms with Crippen molar-refractivity contribution in [3.05, 3.63) is 29.1 Å². The number of carbonyl (C=O) groups excluding carboxylic acids is 1. The number of halogens is 1. The molecule has 0 aliphatic carbocycles. The molecule has 1 aliphatic heterocycles.